The molecule has 0 spiro atoms. The highest BCUT2D eigenvalue weighted by molar-refractivity contribution is 14.2. The second-order valence-electron chi connectivity index (χ2n) is 6.44. The fraction of sp³-hybridized carbons (Fsp3) is 0.412. The molecule has 0 radical (unpaired) electrons. The lowest BCUT2D eigenvalue weighted by molar-refractivity contribution is 0.103. The number of allylic oxidation sites excluding steroid dienone is 1. The molecule has 130 valence electrons. The highest BCUT2D eigenvalue weighted by Gasteiger charge is 2.18. The Morgan fingerprint density at radius 3 is 2.62 bits per heavy atom. The van der Waals surface area contributed by atoms with Gasteiger partial charge in [-0.2, -0.15) is 5.26 Å². The van der Waals surface area contributed by atoms with Gasteiger partial charge in [0.2, 0.25) is 5.78 Å². The van der Waals surface area contributed by atoms with E-state index < -0.39 is 0 Å². The Bertz CT molecular complexity index is 784. The zero-order chi connectivity index (χ0) is 18.5. The highest BCUT2D eigenvalue weighted by atomic mass is 127. The number of nitriles is 1. The van der Waals surface area contributed by atoms with Gasteiger partial charge in [0.1, 0.15) is 11.8 Å². The number of halogens is 1. The summed E-state index contributed by atoms with van der Waals surface area (Å²) in [6.45, 7) is 12.0. The van der Waals surface area contributed by atoms with Crippen molar-refractivity contribution in [2.45, 2.75) is 33.7 Å². The molecule has 1 unspecified atom stereocenters. The monoisotopic (exact) mass is 475 g/mol. The van der Waals surface area contributed by atoms with Gasteiger partial charge in [-0.3, -0.25) is 13.5 Å². The number of aromatic nitrogens is 1. The van der Waals surface area contributed by atoms with Gasteiger partial charge in [-0.1, -0.05) is 45.4 Å². The summed E-state index contributed by atoms with van der Waals surface area (Å²) in [4.78, 5) is 12.5. The minimum atomic E-state index is -0.338. The third-order valence-electron chi connectivity index (χ3n) is 3.04. The fourth-order valence-corrected chi connectivity index (χ4v) is 4.33. The predicted octanol–water partition coefficient (Wildman–Crippen LogP) is 3.46. The van der Waals surface area contributed by atoms with Gasteiger partial charge in [-0.25, -0.2) is 0 Å². The summed E-state index contributed by atoms with van der Waals surface area (Å²) < 4.78 is 5.14. The minimum Gasteiger partial charge on any atom is -0.286 e. The zero-order valence-electron chi connectivity index (χ0n) is 14.5. The lowest BCUT2D eigenvalue weighted by Gasteiger charge is -2.11. The molecule has 0 saturated carbocycles. The molecule has 0 saturated heterocycles. The van der Waals surface area contributed by atoms with Crippen LogP contribution in [-0.2, 0) is 0 Å². The van der Waals surface area contributed by atoms with Crippen LogP contribution in [0.1, 0.15) is 38.2 Å². The van der Waals surface area contributed by atoms with Gasteiger partial charge >= 0.3 is 0 Å². The number of carbonyl (C=O) groups is 1. The molecule has 7 heteroatoms. The van der Waals surface area contributed by atoms with Gasteiger partial charge in [-0.05, 0) is 36.0 Å². The van der Waals surface area contributed by atoms with E-state index in [1.807, 2.05) is 22.4 Å². The van der Waals surface area contributed by atoms with E-state index in [1.54, 1.807) is 11.9 Å². The van der Waals surface area contributed by atoms with Crippen molar-refractivity contribution in [2.24, 2.45) is 5.41 Å². The summed E-state index contributed by atoms with van der Waals surface area (Å²) in [6, 6.07) is 3.83. The number of nitrogens with one attached hydrogen (secondary N) is 1. The number of carbonyl (C=O) groups excluding carboxylic acids is 1. The van der Waals surface area contributed by atoms with E-state index >= 15 is 0 Å². The average Bonchev–Trinajstić information content (AvgIpc) is 2.81. The van der Waals surface area contributed by atoms with Gasteiger partial charge in [0, 0.05) is 36.4 Å². The number of ketones is 1. The summed E-state index contributed by atoms with van der Waals surface area (Å²) in [5, 5.41) is 10.9. The number of hydrogen-bond donors (Lipinski definition) is 1. The van der Waals surface area contributed by atoms with Crippen LogP contribution in [0.5, 0.6) is 0 Å². The second kappa shape index (κ2) is 9.13. The van der Waals surface area contributed by atoms with Crippen LogP contribution in [0.4, 0.5) is 0 Å². The Hall–Kier alpha value is -0.690. The standard InChI is InChI=1S/C17H22IN3OS2/c1-11(10-19)16(22)15-8-13(9-17(3,4)5)14(21(15)24-18)7-12(2)20-23-6/h7-9,12,20H,1H2,2-6H3/b13-9-,14-7+. The van der Waals surface area contributed by atoms with Gasteiger partial charge in [0.15, 0.2) is 0 Å². The minimum absolute atomic E-state index is 0.0343. The fourth-order valence-electron chi connectivity index (χ4n) is 2.17. The SMILES string of the molecule is C=C(C#N)C(=O)c1cc(=C/C(C)(C)C)/c(=C\C(C)NSC)n1SI. The number of hydrogen-bond acceptors (Lipinski definition) is 5. The Morgan fingerprint density at radius 1 is 1.54 bits per heavy atom. The smallest absolute Gasteiger partial charge is 0.220 e. The summed E-state index contributed by atoms with van der Waals surface area (Å²) in [6.07, 6.45) is 6.20. The molecular weight excluding hydrogens is 453 g/mol. The molecule has 4 nitrogen and oxygen atoms in total. The van der Waals surface area contributed by atoms with Crippen LogP contribution in [0.15, 0.2) is 18.2 Å². The summed E-state index contributed by atoms with van der Waals surface area (Å²) >= 11 is 3.70. The lowest BCUT2D eigenvalue weighted by atomic mass is 9.95. The quantitative estimate of drug-likeness (QED) is 0.225. The van der Waals surface area contributed by atoms with Gasteiger partial charge in [0.25, 0.3) is 0 Å². The van der Waals surface area contributed by atoms with Crippen molar-refractivity contribution >= 4 is 60.2 Å². The van der Waals surface area contributed by atoms with E-state index in [9.17, 15) is 4.79 Å². The van der Waals surface area contributed by atoms with E-state index in [1.165, 1.54) is 9.12 Å². The number of Topliss-reactive ketones (excluding diaryl/α,β-unsaturated/α-hetero) is 1. The molecular formula is C17H22IN3OS2. The van der Waals surface area contributed by atoms with Crippen molar-refractivity contribution in [3.05, 3.63) is 34.5 Å². The first-order valence-electron chi connectivity index (χ1n) is 7.32. The molecule has 1 atom stereocenters. The molecule has 0 fully saturated rings. The van der Waals surface area contributed by atoms with Crippen LogP contribution >= 0.6 is 42.3 Å². The molecule has 1 aromatic rings. The van der Waals surface area contributed by atoms with Crippen molar-refractivity contribution in [3.63, 3.8) is 0 Å². The van der Waals surface area contributed by atoms with Gasteiger partial charge in [-0.15, -0.1) is 0 Å². The van der Waals surface area contributed by atoms with Crippen LogP contribution < -0.4 is 15.3 Å². The van der Waals surface area contributed by atoms with Crippen LogP contribution in [-0.4, -0.2) is 22.1 Å². The summed E-state index contributed by atoms with van der Waals surface area (Å²) in [5.41, 5.74) is 0.385. The molecule has 1 aromatic heterocycles. The van der Waals surface area contributed by atoms with Crippen LogP contribution in [0, 0.1) is 16.7 Å². The van der Waals surface area contributed by atoms with Crippen LogP contribution in [0.2, 0.25) is 0 Å². The molecule has 1 rings (SSSR count). The highest BCUT2D eigenvalue weighted by Crippen LogP contribution is 2.18. The third kappa shape index (κ3) is 5.69. The third-order valence-corrected chi connectivity index (χ3v) is 5.36. The molecule has 0 amide bonds. The van der Waals surface area contributed by atoms with Crippen molar-refractivity contribution < 1.29 is 4.79 Å². The van der Waals surface area contributed by atoms with Crippen molar-refractivity contribution in [2.75, 3.05) is 6.26 Å². The predicted molar refractivity (Wildman–Crippen MR) is 114 cm³/mol. The largest absolute Gasteiger partial charge is 0.286 e. The lowest BCUT2D eigenvalue weighted by Crippen LogP contribution is -2.32. The average molecular weight is 475 g/mol. The van der Waals surface area contributed by atoms with Gasteiger partial charge in [0.05, 0.1) is 10.9 Å². The normalized spacial score (nSPS) is 14.5. The van der Waals surface area contributed by atoms with Crippen LogP contribution in [0.3, 0.4) is 0 Å². The first kappa shape index (κ1) is 21.4. The molecule has 0 aliphatic rings. The maximum Gasteiger partial charge on any atom is 0.220 e. The number of rotatable bonds is 6. The first-order chi connectivity index (χ1) is 11.1. The van der Waals surface area contributed by atoms with E-state index in [0.29, 0.717) is 5.69 Å². The van der Waals surface area contributed by atoms with Crippen LogP contribution in [0.25, 0.3) is 12.2 Å². The molecule has 0 bridgehead atoms. The second-order valence-corrected chi connectivity index (χ2v) is 8.77. The molecule has 0 aliphatic heterocycles. The topological polar surface area (TPSA) is 57.8 Å². The Labute approximate surface area is 164 Å². The molecule has 0 aromatic carbocycles. The van der Waals surface area contributed by atoms with E-state index in [4.69, 9.17) is 5.26 Å². The maximum absolute atomic E-state index is 12.5. The molecule has 1 heterocycles. The summed E-state index contributed by atoms with van der Waals surface area (Å²) in [7, 11) is 1.41. The zero-order valence-corrected chi connectivity index (χ0v) is 18.3. The van der Waals surface area contributed by atoms with Crippen molar-refractivity contribution in [1.29, 1.82) is 5.26 Å². The van der Waals surface area contributed by atoms with E-state index in [2.05, 4.69) is 72.4 Å². The Balaban J connectivity index is 3.74. The molecule has 1 N–H and O–H groups in total. The number of nitrogens with zero attached hydrogens (tertiary/aromatic N) is 2. The first-order valence-corrected chi connectivity index (χ1v) is 11.9. The molecule has 0 aliphatic carbocycles. The van der Waals surface area contributed by atoms with Crippen molar-refractivity contribution in [3.8, 4) is 6.07 Å². The Kier molecular flexibility index (Phi) is 8.12. The Morgan fingerprint density at radius 2 is 2.17 bits per heavy atom. The summed E-state index contributed by atoms with van der Waals surface area (Å²) in [5.74, 6) is -0.338. The van der Waals surface area contributed by atoms with E-state index in [0.717, 1.165) is 10.6 Å². The maximum atomic E-state index is 12.5. The molecule has 24 heavy (non-hydrogen) atoms. The van der Waals surface area contributed by atoms with Gasteiger partial charge < -0.3 is 0 Å². The van der Waals surface area contributed by atoms with Crippen molar-refractivity contribution in [1.82, 2.24) is 8.69 Å². The van der Waals surface area contributed by atoms with E-state index in [-0.39, 0.29) is 22.8 Å².